The maximum atomic E-state index is 5.84. The van der Waals surface area contributed by atoms with Crippen LogP contribution in [-0.4, -0.2) is 58.0 Å². The van der Waals surface area contributed by atoms with Crippen molar-refractivity contribution in [2.45, 2.75) is 6.42 Å². The fourth-order valence-electron chi connectivity index (χ4n) is 2.81. The number of fused-ring (bicyclic) bond motifs is 1. The molecule has 108 valence electrons. The molecule has 5 nitrogen and oxygen atoms in total. The summed E-state index contributed by atoms with van der Waals surface area (Å²) in [7, 11) is 2.02. The van der Waals surface area contributed by atoms with Gasteiger partial charge in [-0.3, -0.25) is 0 Å². The lowest BCUT2D eigenvalue weighted by Gasteiger charge is -2.22. The van der Waals surface area contributed by atoms with Crippen LogP contribution in [0.3, 0.4) is 0 Å². The maximum Gasteiger partial charge on any atom is 0.156 e. The summed E-state index contributed by atoms with van der Waals surface area (Å²) in [5, 5.41) is 0. The predicted molar refractivity (Wildman–Crippen MR) is 82.5 cm³/mol. The van der Waals surface area contributed by atoms with Crippen molar-refractivity contribution in [3.8, 4) is 0 Å². The SMILES string of the molecule is Cn1cnc2c(N3CCCN(CCCl)CC3)nccc21. The van der Waals surface area contributed by atoms with Gasteiger partial charge < -0.3 is 14.4 Å². The summed E-state index contributed by atoms with van der Waals surface area (Å²) in [6, 6.07) is 2.02. The van der Waals surface area contributed by atoms with Crippen LogP contribution in [0.2, 0.25) is 0 Å². The van der Waals surface area contributed by atoms with Crippen molar-refractivity contribution in [2.75, 3.05) is 43.5 Å². The Kier molecular flexibility index (Phi) is 4.08. The second kappa shape index (κ2) is 5.97. The van der Waals surface area contributed by atoms with Crippen LogP contribution in [0.15, 0.2) is 18.6 Å². The highest BCUT2D eigenvalue weighted by molar-refractivity contribution is 6.18. The van der Waals surface area contributed by atoms with E-state index in [2.05, 4.69) is 19.8 Å². The molecule has 1 saturated heterocycles. The predicted octanol–water partition coefficient (Wildman–Crippen LogP) is 1.72. The number of aryl methyl sites for hydroxylation is 1. The monoisotopic (exact) mass is 293 g/mol. The Morgan fingerprint density at radius 3 is 2.95 bits per heavy atom. The Hall–Kier alpha value is -1.33. The van der Waals surface area contributed by atoms with Gasteiger partial charge in [0, 0.05) is 45.3 Å². The van der Waals surface area contributed by atoms with E-state index in [-0.39, 0.29) is 0 Å². The fourth-order valence-corrected chi connectivity index (χ4v) is 3.04. The van der Waals surface area contributed by atoms with E-state index < -0.39 is 0 Å². The van der Waals surface area contributed by atoms with Gasteiger partial charge in [-0.15, -0.1) is 11.6 Å². The summed E-state index contributed by atoms with van der Waals surface area (Å²) in [6.07, 6.45) is 4.87. The van der Waals surface area contributed by atoms with Crippen LogP contribution in [0.1, 0.15) is 6.42 Å². The van der Waals surface area contributed by atoms with Crippen molar-refractivity contribution >= 4 is 28.5 Å². The number of hydrogen-bond acceptors (Lipinski definition) is 4. The van der Waals surface area contributed by atoms with E-state index in [1.54, 1.807) is 0 Å². The van der Waals surface area contributed by atoms with Crippen LogP contribution in [0.25, 0.3) is 11.0 Å². The van der Waals surface area contributed by atoms with E-state index in [4.69, 9.17) is 11.6 Å². The van der Waals surface area contributed by atoms with Gasteiger partial charge in [-0.1, -0.05) is 0 Å². The second-order valence-corrected chi connectivity index (χ2v) is 5.61. The highest BCUT2D eigenvalue weighted by atomic mass is 35.5. The summed E-state index contributed by atoms with van der Waals surface area (Å²) in [5.74, 6) is 1.71. The molecule has 0 saturated carbocycles. The summed E-state index contributed by atoms with van der Waals surface area (Å²) < 4.78 is 2.04. The van der Waals surface area contributed by atoms with Crippen molar-refractivity contribution in [3.05, 3.63) is 18.6 Å². The minimum atomic E-state index is 0.702. The van der Waals surface area contributed by atoms with Gasteiger partial charge in [0.2, 0.25) is 0 Å². The number of halogens is 1. The lowest BCUT2D eigenvalue weighted by atomic mass is 10.3. The van der Waals surface area contributed by atoms with Crippen LogP contribution in [-0.2, 0) is 7.05 Å². The Balaban J connectivity index is 1.84. The largest absolute Gasteiger partial charge is 0.353 e. The zero-order chi connectivity index (χ0) is 13.9. The minimum Gasteiger partial charge on any atom is -0.353 e. The Morgan fingerprint density at radius 2 is 2.10 bits per heavy atom. The van der Waals surface area contributed by atoms with Crippen molar-refractivity contribution < 1.29 is 0 Å². The molecule has 0 amide bonds. The average molecular weight is 294 g/mol. The molecule has 6 heteroatoms. The van der Waals surface area contributed by atoms with E-state index in [9.17, 15) is 0 Å². The molecular formula is C14H20ClN5. The lowest BCUT2D eigenvalue weighted by Crippen LogP contribution is -2.32. The van der Waals surface area contributed by atoms with E-state index in [1.807, 2.05) is 30.2 Å². The summed E-state index contributed by atoms with van der Waals surface area (Å²) in [6.45, 7) is 5.14. The summed E-state index contributed by atoms with van der Waals surface area (Å²) in [5.41, 5.74) is 2.14. The molecule has 1 aliphatic heterocycles. The lowest BCUT2D eigenvalue weighted by molar-refractivity contribution is 0.311. The number of alkyl halides is 1. The topological polar surface area (TPSA) is 37.2 Å². The zero-order valence-electron chi connectivity index (χ0n) is 11.8. The van der Waals surface area contributed by atoms with Crippen LogP contribution < -0.4 is 4.90 Å². The van der Waals surface area contributed by atoms with Gasteiger partial charge in [-0.2, -0.15) is 0 Å². The number of nitrogens with zero attached hydrogens (tertiary/aromatic N) is 5. The quantitative estimate of drug-likeness (QED) is 0.808. The molecule has 1 fully saturated rings. The Bertz CT molecular complexity index is 582. The van der Waals surface area contributed by atoms with Crippen LogP contribution in [0.5, 0.6) is 0 Å². The Morgan fingerprint density at radius 1 is 1.20 bits per heavy atom. The zero-order valence-corrected chi connectivity index (χ0v) is 12.6. The first-order valence-electron chi connectivity index (χ1n) is 7.09. The first-order chi connectivity index (χ1) is 9.79. The molecule has 1 aliphatic rings. The first-order valence-corrected chi connectivity index (χ1v) is 7.62. The molecule has 0 aliphatic carbocycles. The summed E-state index contributed by atoms with van der Waals surface area (Å²) >= 11 is 5.84. The highest BCUT2D eigenvalue weighted by Gasteiger charge is 2.18. The van der Waals surface area contributed by atoms with Gasteiger partial charge >= 0.3 is 0 Å². The van der Waals surface area contributed by atoms with Gasteiger partial charge in [0.05, 0.1) is 11.8 Å². The highest BCUT2D eigenvalue weighted by Crippen LogP contribution is 2.23. The molecule has 0 N–H and O–H groups in total. The minimum absolute atomic E-state index is 0.702. The van der Waals surface area contributed by atoms with E-state index >= 15 is 0 Å². The van der Waals surface area contributed by atoms with Gasteiger partial charge in [-0.05, 0) is 19.0 Å². The third kappa shape index (κ3) is 2.60. The molecule has 3 heterocycles. The second-order valence-electron chi connectivity index (χ2n) is 5.23. The van der Waals surface area contributed by atoms with Gasteiger partial charge in [0.25, 0.3) is 0 Å². The first kappa shape index (κ1) is 13.6. The average Bonchev–Trinajstić information content (AvgIpc) is 2.70. The van der Waals surface area contributed by atoms with E-state index in [0.717, 1.165) is 56.0 Å². The van der Waals surface area contributed by atoms with Crippen LogP contribution in [0.4, 0.5) is 5.82 Å². The molecule has 0 atom stereocenters. The van der Waals surface area contributed by atoms with Crippen LogP contribution in [0, 0.1) is 0 Å². The number of aromatic nitrogens is 3. The third-order valence-corrected chi connectivity index (χ3v) is 4.08. The van der Waals surface area contributed by atoms with Gasteiger partial charge in [-0.25, -0.2) is 9.97 Å². The molecule has 0 aromatic carbocycles. The van der Waals surface area contributed by atoms with Crippen molar-refractivity contribution in [1.82, 2.24) is 19.4 Å². The molecule has 0 spiro atoms. The molecule has 3 rings (SSSR count). The van der Waals surface area contributed by atoms with Gasteiger partial charge in [0.1, 0.15) is 5.52 Å². The van der Waals surface area contributed by atoms with Crippen molar-refractivity contribution in [2.24, 2.45) is 7.05 Å². The number of rotatable bonds is 3. The van der Waals surface area contributed by atoms with E-state index in [0.29, 0.717) is 5.88 Å². The molecule has 0 radical (unpaired) electrons. The fraction of sp³-hybridized carbons (Fsp3) is 0.571. The molecule has 2 aromatic rings. The molecule has 20 heavy (non-hydrogen) atoms. The molecule has 0 unspecified atom stereocenters. The smallest absolute Gasteiger partial charge is 0.156 e. The standard InChI is InChI=1S/C14H20ClN5/c1-18-11-17-13-12(18)3-5-16-14(13)20-7-2-6-19(8-4-15)9-10-20/h3,5,11H,2,4,6-10H2,1H3. The number of hydrogen-bond donors (Lipinski definition) is 0. The Labute approximate surface area is 124 Å². The van der Waals surface area contributed by atoms with E-state index in [1.165, 1.54) is 0 Å². The maximum absolute atomic E-state index is 5.84. The van der Waals surface area contributed by atoms with Gasteiger partial charge in [0.15, 0.2) is 5.82 Å². The number of pyridine rings is 1. The molecular weight excluding hydrogens is 274 g/mol. The summed E-state index contributed by atoms with van der Waals surface area (Å²) in [4.78, 5) is 13.8. The van der Waals surface area contributed by atoms with Crippen molar-refractivity contribution in [3.63, 3.8) is 0 Å². The normalized spacial score (nSPS) is 17.6. The number of anilines is 1. The molecule has 2 aromatic heterocycles. The molecule has 0 bridgehead atoms. The van der Waals surface area contributed by atoms with Crippen LogP contribution >= 0.6 is 11.6 Å². The number of imidazole rings is 1. The third-order valence-electron chi connectivity index (χ3n) is 3.91. The van der Waals surface area contributed by atoms with Crippen molar-refractivity contribution in [1.29, 1.82) is 0 Å².